The molecule has 2 heterocycles. The van der Waals surface area contributed by atoms with Crippen molar-refractivity contribution in [3.8, 4) is 22.9 Å². The number of hydrogen-bond acceptors (Lipinski definition) is 4. The number of hydrogen-bond donors (Lipinski definition) is 1. The molecule has 0 unspecified atom stereocenters. The fourth-order valence-electron chi connectivity index (χ4n) is 1.40. The maximum Gasteiger partial charge on any atom is 0.181 e. The lowest BCUT2D eigenvalue weighted by Gasteiger charge is -1.95. The van der Waals surface area contributed by atoms with Crippen molar-refractivity contribution in [3.63, 3.8) is 0 Å². The van der Waals surface area contributed by atoms with Crippen LogP contribution in [0.3, 0.4) is 0 Å². The fraction of sp³-hybridized carbons (Fsp3) is 0.0769. The van der Waals surface area contributed by atoms with Crippen LogP contribution < -0.4 is 0 Å². The number of rotatable bonds is 2. The molecule has 0 aliphatic carbocycles. The quantitative estimate of drug-likeness (QED) is 0.747. The lowest BCUT2D eigenvalue weighted by atomic mass is 10.1. The molecule has 1 N–H and O–H groups in total. The normalized spacial score (nSPS) is 13.6. The highest BCUT2D eigenvalue weighted by molar-refractivity contribution is 5.58. The molecule has 5 heteroatoms. The van der Waals surface area contributed by atoms with Crippen LogP contribution in [-0.4, -0.2) is 25.1 Å². The van der Waals surface area contributed by atoms with Crippen molar-refractivity contribution >= 4 is 0 Å². The minimum Gasteiger partial charge on any atom is -0.261 e. The second kappa shape index (κ2) is 4.37. The highest BCUT2D eigenvalue weighted by atomic mass is 15.2. The molecule has 5 nitrogen and oxygen atoms in total. The summed E-state index contributed by atoms with van der Waals surface area (Å²) in [5.74, 6) is 0.443. The van der Waals surface area contributed by atoms with Crippen LogP contribution in [0.15, 0.2) is 42.8 Å². The third-order valence-corrected chi connectivity index (χ3v) is 2.26. The van der Waals surface area contributed by atoms with E-state index < -0.39 is 0 Å². The van der Waals surface area contributed by atoms with E-state index in [0.717, 1.165) is 0 Å². The first-order valence-electron chi connectivity index (χ1n) is 7.26. The van der Waals surface area contributed by atoms with Gasteiger partial charge < -0.3 is 0 Å². The van der Waals surface area contributed by atoms with Gasteiger partial charge in [0.1, 0.15) is 5.69 Å². The average molecular weight is 241 g/mol. The molecule has 0 saturated heterocycles. The van der Waals surface area contributed by atoms with Crippen LogP contribution >= 0.6 is 0 Å². The SMILES string of the molecule is [2H]c1c([2H])c(-c2n[nH]c(-c3cnccn3)n2)c([2H])c([2H])c1C. The lowest BCUT2D eigenvalue weighted by Crippen LogP contribution is -1.86. The van der Waals surface area contributed by atoms with Crippen molar-refractivity contribution in [2.75, 3.05) is 0 Å². The smallest absolute Gasteiger partial charge is 0.181 e. The zero-order chi connectivity index (χ0) is 15.9. The second-order valence-electron chi connectivity index (χ2n) is 3.60. The van der Waals surface area contributed by atoms with E-state index in [9.17, 15) is 0 Å². The van der Waals surface area contributed by atoms with Gasteiger partial charge in [0.25, 0.3) is 0 Å². The molecule has 0 bridgehead atoms. The Bertz CT molecular complexity index is 818. The third kappa shape index (κ3) is 1.98. The summed E-state index contributed by atoms with van der Waals surface area (Å²) >= 11 is 0. The van der Waals surface area contributed by atoms with Gasteiger partial charge in [-0.3, -0.25) is 10.1 Å². The fourth-order valence-corrected chi connectivity index (χ4v) is 1.40. The van der Waals surface area contributed by atoms with Gasteiger partial charge in [0, 0.05) is 18.0 Å². The van der Waals surface area contributed by atoms with Crippen LogP contribution in [0.2, 0.25) is 0 Å². The summed E-state index contributed by atoms with van der Waals surface area (Å²) in [4.78, 5) is 12.2. The van der Waals surface area contributed by atoms with E-state index >= 15 is 0 Å². The van der Waals surface area contributed by atoms with Gasteiger partial charge in [-0.05, 0) is 6.92 Å². The van der Waals surface area contributed by atoms with Gasteiger partial charge >= 0.3 is 0 Å². The maximum atomic E-state index is 8.01. The van der Waals surface area contributed by atoms with Crippen molar-refractivity contribution < 1.29 is 5.48 Å². The number of nitrogens with zero attached hydrogens (tertiary/aromatic N) is 4. The summed E-state index contributed by atoms with van der Waals surface area (Å²) in [6.45, 7) is 1.55. The van der Waals surface area contributed by atoms with Crippen molar-refractivity contribution in [1.29, 1.82) is 0 Å². The maximum absolute atomic E-state index is 8.01. The average Bonchev–Trinajstić information content (AvgIpc) is 3.02. The predicted octanol–water partition coefficient (Wildman–Crippen LogP) is 2.24. The molecule has 3 aromatic rings. The Morgan fingerprint density at radius 1 is 1.17 bits per heavy atom. The first kappa shape index (κ1) is 7.00. The first-order chi connectivity index (χ1) is 10.5. The van der Waals surface area contributed by atoms with Crippen molar-refractivity contribution in [2.45, 2.75) is 6.92 Å². The van der Waals surface area contributed by atoms with Crippen LogP contribution in [0.5, 0.6) is 0 Å². The van der Waals surface area contributed by atoms with Gasteiger partial charge in [-0.25, -0.2) is 9.97 Å². The van der Waals surface area contributed by atoms with E-state index in [2.05, 4.69) is 25.1 Å². The van der Waals surface area contributed by atoms with Crippen molar-refractivity contribution in [3.05, 3.63) is 48.3 Å². The molecular formula is C13H11N5. The Labute approximate surface area is 110 Å². The predicted molar refractivity (Wildman–Crippen MR) is 67.6 cm³/mol. The van der Waals surface area contributed by atoms with Gasteiger partial charge in [-0.15, -0.1) is 0 Å². The molecule has 0 saturated carbocycles. The summed E-state index contributed by atoms with van der Waals surface area (Å²) in [6, 6.07) is -0.518. The molecule has 0 amide bonds. The molecular weight excluding hydrogens is 226 g/mol. The molecule has 2 aromatic heterocycles. The van der Waals surface area contributed by atoms with Gasteiger partial charge in [-0.1, -0.05) is 29.7 Å². The van der Waals surface area contributed by atoms with Crippen molar-refractivity contribution in [1.82, 2.24) is 25.1 Å². The van der Waals surface area contributed by atoms with Gasteiger partial charge in [0.2, 0.25) is 0 Å². The molecule has 0 aliphatic heterocycles. The molecule has 3 rings (SSSR count). The number of aromatic amines is 1. The minimum absolute atomic E-state index is 0.0620. The standard InChI is InChI=1S/C13H11N5/c1-9-2-4-10(5-3-9)12-16-13(18-17-12)11-8-14-6-7-15-11/h2-8H,1H3,(H,16,17,18)/i2D,3D,4D,5D. The molecule has 88 valence electrons. The van der Waals surface area contributed by atoms with Crippen LogP contribution in [0.1, 0.15) is 11.0 Å². The third-order valence-electron chi connectivity index (χ3n) is 2.26. The summed E-state index contributed by atoms with van der Waals surface area (Å²) in [5.41, 5.74) is 0.832. The molecule has 1 aromatic carbocycles. The first-order valence-corrected chi connectivity index (χ1v) is 5.26. The van der Waals surface area contributed by atoms with Gasteiger partial charge in [0.15, 0.2) is 11.6 Å². The lowest BCUT2D eigenvalue weighted by molar-refractivity contribution is 1.08. The van der Waals surface area contributed by atoms with E-state index in [4.69, 9.17) is 5.48 Å². The monoisotopic (exact) mass is 241 g/mol. The highest BCUT2D eigenvalue weighted by Gasteiger charge is 2.08. The highest BCUT2D eigenvalue weighted by Crippen LogP contribution is 2.18. The minimum atomic E-state index is -0.164. The summed E-state index contributed by atoms with van der Waals surface area (Å²) in [7, 11) is 0. The Morgan fingerprint density at radius 3 is 2.72 bits per heavy atom. The van der Waals surface area contributed by atoms with E-state index in [0.29, 0.717) is 17.1 Å². The molecule has 0 atom stereocenters. The Hall–Kier alpha value is -2.56. The number of H-pyrrole nitrogens is 1. The zero-order valence-electron chi connectivity index (χ0n) is 13.5. The molecule has 0 spiro atoms. The van der Waals surface area contributed by atoms with E-state index in [1.54, 1.807) is 6.92 Å². The number of aromatic nitrogens is 5. The number of benzene rings is 1. The Kier molecular flexibility index (Phi) is 1.70. The van der Waals surface area contributed by atoms with Crippen LogP contribution in [-0.2, 0) is 0 Å². The van der Waals surface area contributed by atoms with Crippen LogP contribution in [0, 0.1) is 6.92 Å². The zero-order valence-corrected chi connectivity index (χ0v) is 9.52. The van der Waals surface area contributed by atoms with Crippen LogP contribution in [0.25, 0.3) is 22.9 Å². The van der Waals surface area contributed by atoms with E-state index in [1.807, 2.05) is 0 Å². The summed E-state index contributed by atoms with van der Waals surface area (Å²) in [6.07, 6.45) is 4.55. The van der Waals surface area contributed by atoms with E-state index in [-0.39, 0.29) is 35.6 Å². The molecule has 0 aliphatic rings. The van der Waals surface area contributed by atoms with E-state index in [1.165, 1.54) is 18.6 Å². The van der Waals surface area contributed by atoms with Gasteiger partial charge in [0.05, 0.1) is 11.7 Å². The second-order valence-corrected chi connectivity index (χ2v) is 3.60. The largest absolute Gasteiger partial charge is 0.261 e. The topological polar surface area (TPSA) is 67.3 Å². The molecule has 18 heavy (non-hydrogen) atoms. The van der Waals surface area contributed by atoms with Gasteiger partial charge in [-0.2, -0.15) is 5.10 Å². The van der Waals surface area contributed by atoms with Crippen LogP contribution in [0.4, 0.5) is 0 Å². The Balaban J connectivity index is 2.16. The summed E-state index contributed by atoms with van der Waals surface area (Å²) < 4.78 is 31.8. The Morgan fingerprint density at radius 2 is 2.00 bits per heavy atom. The summed E-state index contributed by atoms with van der Waals surface area (Å²) in [5, 5.41) is 6.66. The molecule has 0 radical (unpaired) electrons. The number of nitrogens with one attached hydrogen (secondary N) is 1. The van der Waals surface area contributed by atoms with Crippen molar-refractivity contribution in [2.24, 2.45) is 0 Å². The molecule has 0 fully saturated rings.